The first kappa shape index (κ1) is 9.90. The van der Waals surface area contributed by atoms with E-state index in [0.717, 1.165) is 18.4 Å². The van der Waals surface area contributed by atoms with Gasteiger partial charge in [0.15, 0.2) is 0 Å². The van der Waals surface area contributed by atoms with Gasteiger partial charge < -0.3 is 5.32 Å². The number of nitrogens with one attached hydrogen (secondary N) is 1. The Hall–Kier alpha value is -1.64. The number of hydrogen-bond acceptors (Lipinski definition) is 2. The van der Waals surface area contributed by atoms with Gasteiger partial charge in [-0.2, -0.15) is 0 Å². The second kappa shape index (κ2) is 3.85. The van der Waals surface area contributed by atoms with Crippen LogP contribution >= 0.6 is 0 Å². The fourth-order valence-electron chi connectivity index (χ4n) is 1.31. The van der Waals surface area contributed by atoms with Gasteiger partial charge in [0, 0.05) is 11.6 Å². The molecule has 0 bridgehead atoms. The largest absolute Gasteiger partial charge is 0.346 e. The van der Waals surface area contributed by atoms with Gasteiger partial charge in [0.1, 0.15) is 0 Å². The van der Waals surface area contributed by atoms with Crippen molar-refractivity contribution in [2.75, 3.05) is 0 Å². The first-order chi connectivity index (χ1) is 7.16. The first-order valence-electron chi connectivity index (χ1n) is 5.08. The van der Waals surface area contributed by atoms with E-state index < -0.39 is 11.7 Å². The van der Waals surface area contributed by atoms with Crippen molar-refractivity contribution in [1.29, 1.82) is 0 Å². The zero-order chi connectivity index (χ0) is 10.8. The van der Waals surface area contributed by atoms with Crippen LogP contribution in [0.25, 0.3) is 0 Å². The zero-order valence-electron chi connectivity index (χ0n) is 8.62. The molecular formula is C12H13NO2. The van der Waals surface area contributed by atoms with Gasteiger partial charge in [-0.05, 0) is 19.8 Å². The second-order valence-electron chi connectivity index (χ2n) is 3.94. The molecule has 78 valence electrons. The van der Waals surface area contributed by atoms with Crippen LogP contribution < -0.4 is 5.32 Å². The molecule has 1 fully saturated rings. The molecule has 0 spiro atoms. The van der Waals surface area contributed by atoms with Crippen molar-refractivity contribution < 1.29 is 9.59 Å². The fraction of sp³-hybridized carbons (Fsp3) is 0.333. The molecule has 0 aromatic heterocycles. The van der Waals surface area contributed by atoms with Crippen molar-refractivity contribution in [2.45, 2.75) is 25.8 Å². The van der Waals surface area contributed by atoms with E-state index in [9.17, 15) is 9.59 Å². The van der Waals surface area contributed by atoms with E-state index in [1.165, 1.54) is 0 Å². The summed E-state index contributed by atoms with van der Waals surface area (Å²) in [6.45, 7) is 1.94. The number of carbonyl (C=O) groups is 2. The molecule has 1 aromatic rings. The highest BCUT2D eigenvalue weighted by Gasteiger charge is 2.26. The lowest BCUT2D eigenvalue weighted by molar-refractivity contribution is -0.117. The average Bonchev–Trinajstić information content (AvgIpc) is 3.02. The molecule has 1 aliphatic rings. The molecule has 0 saturated heterocycles. The molecule has 1 saturated carbocycles. The predicted octanol–water partition coefficient (Wildman–Crippen LogP) is 1.46. The Balaban J connectivity index is 2.05. The Bertz CT molecular complexity index is 391. The van der Waals surface area contributed by atoms with Gasteiger partial charge in [0.25, 0.3) is 5.91 Å². The van der Waals surface area contributed by atoms with Gasteiger partial charge in [-0.15, -0.1) is 0 Å². The fourth-order valence-corrected chi connectivity index (χ4v) is 1.31. The van der Waals surface area contributed by atoms with Crippen LogP contribution in [0.3, 0.4) is 0 Å². The van der Waals surface area contributed by atoms with Crippen LogP contribution in [-0.2, 0) is 4.79 Å². The van der Waals surface area contributed by atoms with Gasteiger partial charge in [-0.3, -0.25) is 9.59 Å². The highest BCUT2D eigenvalue weighted by Crippen LogP contribution is 2.18. The first-order valence-corrected chi connectivity index (χ1v) is 5.08. The van der Waals surface area contributed by atoms with Crippen molar-refractivity contribution in [2.24, 2.45) is 0 Å². The molecule has 0 heterocycles. The van der Waals surface area contributed by atoms with Gasteiger partial charge >= 0.3 is 0 Å². The Kier molecular flexibility index (Phi) is 2.54. The average molecular weight is 203 g/mol. The molecular weight excluding hydrogens is 190 g/mol. The van der Waals surface area contributed by atoms with Crippen LogP contribution in [-0.4, -0.2) is 17.7 Å². The van der Waals surface area contributed by atoms with Crippen LogP contribution in [0.5, 0.6) is 0 Å². The van der Waals surface area contributed by atoms with Gasteiger partial charge in [0.2, 0.25) is 5.78 Å². The number of hydrogen-bond donors (Lipinski definition) is 1. The molecule has 0 aliphatic heterocycles. The SMILES string of the molecule is Cc1ccc(C(=O)C(=O)NC2CC2)cc1. The molecule has 0 unspecified atom stereocenters. The number of ketones is 1. The number of aryl methyl sites for hydroxylation is 1. The number of amides is 1. The molecule has 15 heavy (non-hydrogen) atoms. The number of carbonyl (C=O) groups excluding carboxylic acids is 2. The van der Waals surface area contributed by atoms with E-state index >= 15 is 0 Å². The minimum absolute atomic E-state index is 0.229. The lowest BCUT2D eigenvalue weighted by atomic mass is 10.1. The molecule has 2 rings (SSSR count). The van der Waals surface area contributed by atoms with Crippen molar-refractivity contribution in [3.05, 3.63) is 35.4 Å². The summed E-state index contributed by atoms with van der Waals surface area (Å²) in [4.78, 5) is 23.0. The quantitative estimate of drug-likeness (QED) is 0.597. The third-order valence-electron chi connectivity index (χ3n) is 2.43. The Morgan fingerprint density at radius 3 is 2.33 bits per heavy atom. The Morgan fingerprint density at radius 2 is 1.80 bits per heavy atom. The van der Waals surface area contributed by atoms with Crippen molar-refractivity contribution in [1.82, 2.24) is 5.32 Å². The standard InChI is InChI=1S/C12H13NO2/c1-8-2-4-9(5-3-8)11(14)12(15)13-10-6-7-10/h2-5,10H,6-7H2,1H3,(H,13,15). The zero-order valence-corrected chi connectivity index (χ0v) is 8.62. The van der Waals surface area contributed by atoms with Crippen molar-refractivity contribution in [3.63, 3.8) is 0 Å². The number of Topliss-reactive ketones (excluding diaryl/α,β-unsaturated/α-hetero) is 1. The minimum atomic E-state index is -0.485. The normalized spacial score (nSPS) is 14.7. The Labute approximate surface area is 88.5 Å². The van der Waals surface area contributed by atoms with E-state index in [0.29, 0.717) is 5.56 Å². The molecule has 1 aliphatic carbocycles. The number of benzene rings is 1. The summed E-state index contributed by atoms with van der Waals surface area (Å²) < 4.78 is 0. The summed E-state index contributed by atoms with van der Waals surface area (Å²) in [7, 11) is 0. The third kappa shape index (κ3) is 2.43. The maximum Gasteiger partial charge on any atom is 0.292 e. The van der Waals surface area contributed by atoms with Gasteiger partial charge in [-0.25, -0.2) is 0 Å². The molecule has 3 heteroatoms. The van der Waals surface area contributed by atoms with E-state index in [1.54, 1.807) is 12.1 Å². The predicted molar refractivity (Wildman–Crippen MR) is 56.7 cm³/mol. The van der Waals surface area contributed by atoms with E-state index in [2.05, 4.69) is 5.32 Å². The van der Waals surface area contributed by atoms with Crippen LogP contribution in [0.4, 0.5) is 0 Å². The smallest absolute Gasteiger partial charge is 0.292 e. The van der Waals surface area contributed by atoms with E-state index in [4.69, 9.17) is 0 Å². The van der Waals surface area contributed by atoms with Crippen molar-refractivity contribution >= 4 is 11.7 Å². The van der Waals surface area contributed by atoms with Crippen LogP contribution in [0.15, 0.2) is 24.3 Å². The Morgan fingerprint density at radius 1 is 1.20 bits per heavy atom. The van der Waals surface area contributed by atoms with Crippen LogP contribution in [0, 0.1) is 6.92 Å². The molecule has 1 amide bonds. The van der Waals surface area contributed by atoms with E-state index in [-0.39, 0.29) is 6.04 Å². The molecule has 1 aromatic carbocycles. The second-order valence-corrected chi connectivity index (χ2v) is 3.94. The maximum atomic E-state index is 11.6. The monoisotopic (exact) mass is 203 g/mol. The number of rotatable bonds is 3. The summed E-state index contributed by atoms with van der Waals surface area (Å²) in [6, 6.07) is 7.26. The lowest BCUT2D eigenvalue weighted by Crippen LogP contribution is -2.32. The summed E-state index contributed by atoms with van der Waals surface area (Å²) in [5.74, 6) is -0.928. The summed E-state index contributed by atoms with van der Waals surface area (Å²) in [6.07, 6.45) is 1.99. The summed E-state index contributed by atoms with van der Waals surface area (Å²) in [5.41, 5.74) is 1.54. The molecule has 0 atom stereocenters. The van der Waals surface area contributed by atoms with E-state index in [1.807, 2.05) is 19.1 Å². The highest BCUT2D eigenvalue weighted by molar-refractivity contribution is 6.42. The lowest BCUT2D eigenvalue weighted by Gasteiger charge is -2.02. The highest BCUT2D eigenvalue weighted by atomic mass is 16.2. The van der Waals surface area contributed by atoms with Crippen molar-refractivity contribution in [3.8, 4) is 0 Å². The summed E-state index contributed by atoms with van der Waals surface area (Å²) >= 11 is 0. The molecule has 3 nitrogen and oxygen atoms in total. The van der Waals surface area contributed by atoms with Gasteiger partial charge in [-0.1, -0.05) is 29.8 Å². The maximum absolute atomic E-state index is 11.6. The summed E-state index contributed by atoms with van der Waals surface area (Å²) in [5, 5.41) is 2.68. The third-order valence-corrected chi connectivity index (χ3v) is 2.43. The molecule has 1 N–H and O–H groups in total. The topological polar surface area (TPSA) is 46.2 Å². The minimum Gasteiger partial charge on any atom is -0.346 e. The van der Waals surface area contributed by atoms with Crippen LogP contribution in [0.2, 0.25) is 0 Å². The molecule has 0 radical (unpaired) electrons. The van der Waals surface area contributed by atoms with Crippen LogP contribution in [0.1, 0.15) is 28.8 Å². The van der Waals surface area contributed by atoms with Gasteiger partial charge in [0.05, 0.1) is 0 Å².